The molecule has 1 aliphatic rings. The molecule has 11 heteroatoms. The largest absolute Gasteiger partial charge is 0.467 e. The van der Waals surface area contributed by atoms with Gasteiger partial charge in [-0.15, -0.1) is 11.8 Å². The van der Waals surface area contributed by atoms with Crippen molar-refractivity contribution in [3.63, 3.8) is 0 Å². The molecule has 1 heterocycles. The maximum absolute atomic E-state index is 13.1. The fourth-order valence-corrected chi connectivity index (χ4v) is 3.97. The summed E-state index contributed by atoms with van der Waals surface area (Å²) in [4.78, 5) is 37.6. The predicted molar refractivity (Wildman–Crippen MR) is 106 cm³/mol. The van der Waals surface area contributed by atoms with Gasteiger partial charge in [0.2, 0.25) is 11.8 Å². The van der Waals surface area contributed by atoms with Crippen LogP contribution in [0.15, 0.2) is 23.1 Å². The number of aliphatic hydroxyl groups excluding tert-OH is 1. The Balaban J connectivity index is 2.05. The van der Waals surface area contributed by atoms with E-state index in [-0.39, 0.29) is 10.8 Å². The first-order chi connectivity index (χ1) is 13.8. The van der Waals surface area contributed by atoms with Crippen LogP contribution in [0.4, 0.5) is 4.39 Å². The molecule has 1 unspecified atom stereocenters. The fraction of sp³-hybridized carbons (Fsp3) is 0.500. The van der Waals surface area contributed by atoms with E-state index in [9.17, 15) is 23.9 Å². The molecule has 0 radical (unpaired) electrons. The second kappa shape index (κ2) is 10.8. The van der Waals surface area contributed by atoms with Gasteiger partial charge in [-0.2, -0.15) is 0 Å². The number of nitrogens with one attached hydrogen (secondary N) is 3. The molecule has 0 aromatic heterocycles. The van der Waals surface area contributed by atoms with Crippen molar-refractivity contribution < 1.29 is 28.6 Å². The van der Waals surface area contributed by atoms with E-state index in [0.29, 0.717) is 30.8 Å². The van der Waals surface area contributed by atoms with Gasteiger partial charge in [0.25, 0.3) is 0 Å². The minimum Gasteiger partial charge on any atom is -0.467 e. The number of carbonyl (C=O) groups excluding carboxylic acids is 3. The van der Waals surface area contributed by atoms with E-state index in [2.05, 4.69) is 20.7 Å². The summed E-state index contributed by atoms with van der Waals surface area (Å²) in [5, 5.41) is 17.8. The van der Waals surface area contributed by atoms with E-state index in [1.165, 1.54) is 12.1 Å². The summed E-state index contributed by atoms with van der Waals surface area (Å²) in [6.07, 6.45) is 0.623. The normalized spacial score (nSPS) is 16.6. The van der Waals surface area contributed by atoms with Crippen molar-refractivity contribution in [1.82, 2.24) is 16.0 Å². The maximum Gasteiger partial charge on any atom is 0.330 e. The molecule has 4 N–H and O–H groups in total. The first-order valence-electron chi connectivity index (χ1n) is 8.90. The summed E-state index contributed by atoms with van der Waals surface area (Å²) in [6, 6.07) is 2.66. The van der Waals surface area contributed by atoms with Crippen molar-refractivity contribution in [3.05, 3.63) is 29.0 Å². The van der Waals surface area contributed by atoms with Crippen molar-refractivity contribution >= 4 is 41.1 Å². The summed E-state index contributed by atoms with van der Waals surface area (Å²) >= 11 is 7.08. The van der Waals surface area contributed by atoms with E-state index in [1.54, 1.807) is 0 Å². The molecular formula is C18H23ClFN3O5S. The van der Waals surface area contributed by atoms with E-state index in [4.69, 9.17) is 11.6 Å². The Kier molecular flexibility index (Phi) is 8.69. The summed E-state index contributed by atoms with van der Waals surface area (Å²) in [6.45, 7) is 0.360. The van der Waals surface area contributed by atoms with Gasteiger partial charge < -0.3 is 25.8 Å². The molecule has 2 rings (SSSR count). The number of benzene rings is 1. The summed E-state index contributed by atoms with van der Waals surface area (Å²) in [5.74, 6) is -2.27. The smallest absolute Gasteiger partial charge is 0.330 e. The molecule has 8 nitrogen and oxygen atoms in total. The Morgan fingerprint density at radius 2 is 2.07 bits per heavy atom. The van der Waals surface area contributed by atoms with E-state index in [0.717, 1.165) is 24.9 Å². The molecule has 0 saturated carbocycles. The molecule has 2 amide bonds. The lowest BCUT2D eigenvalue weighted by Crippen LogP contribution is -2.65. The third kappa shape index (κ3) is 6.30. The molecule has 1 aromatic carbocycles. The average molecular weight is 448 g/mol. The highest BCUT2D eigenvalue weighted by molar-refractivity contribution is 8.00. The van der Waals surface area contributed by atoms with Crippen molar-refractivity contribution in [2.45, 2.75) is 29.3 Å². The Morgan fingerprint density at radius 1 is 1.38 bits per heavy atom. The zero-order valence-corrected chi connectivity index (χ0v) is 17.4. The molecule has 0 aliphatic carbocycles. The molecule has 1 fully saturated rings. The quantitative estimate of drug-likeness (QED) is 0.338. The monoisotopic (exact) mass is 447 g/mol. The number of hydrogen-bond acceptors (Lipinski definition) is 7. The van der Waals surface area contributed by atoms with Gasteiger partial charge in [-0.05, 0) is 44.1 Å². The summed E-state index contributed by atoms with van der Waals surface area (Å²) < 4.78 is 17.7. The average Bonchev–Trinajstić information content (AvgIpc) is 2.71. The number of methoxy groups -OCH3 is 1. The van der Waals surface area contributed by atoms with Crippen LogP contribution in [0.3, 0.4) is 0 Å². The number of carbonyl (C=O) groups is 3. The third-order valence-corrected chi connectivity index (χ3v) is 6.00. The van der Waals surface area contributed by atoms with Gasteiger partial charge in [0.05, 0.1) is 24.5 Å². The third-order valence-electron chi connectivity index (χ3n) is 4.50. The zero-order valence-electron chi connectivity index (χ0n) is 15.8. The lowest BCUT2D eigenvalue weighted by Gasteiger charge is -2.37. The van der Waals surface area contributed by atoms with Crippen LogP contribution in [-0.4, -0.2) is 67.0 Å². The summed E-state index contributed by atoms with van der Waals surface area (Å²) in [7, 11) is 1.15. The number of esters is 1. The van der Waals surface area contributed by atoms with Gasteiger partial charge in [-0.3, -0.25) is 9.59 Å². The van der Waals surface area contributed by atoms with Crippen LogP contribution in [0.5, 0.6) is 0 Å². The molecular weight excluding hydrogens is 425 g/mol. The van der Waals surface area contributed by atoms with E-state index < -0.39 is 41.8 Å². The van der Waals surface area contributed by atoms with Crippen LogP contribution < -0.4 is 16.0 Å². The minimum absolute atomic E-state index is 0.0335. The molecule has 160 valence electrons. The highest BCUT2D eigenvalue weighted by Crippen LogP contribution is 2.28. The summed E-state index contributed by atoms with van der Waals surface area (Å²) in [5.41, 5.74) is -1.23. The standard InChI is InChI=1S/C18H23ClFN3O5S/c1-28-16(26)13(9-24)22-17(27)18(4-6-21-7-5-18)23-15(25)10-29-14-3-2-11(20)8-12(14)19/h2-3,8,13,21,24H,4-7,9-10H2,1H3,(H,22,27)(H,23,25). The second-order valence-corrected chi connectivity index (χ2v) is 7.90. The van der Waals surface area contributed by atoms with Crippen molar-refractivity contribution in [2.75, 3.05) is 32.6 Å². The van der Waals surface area contributed by atoms with Crippen LogP contribution in [0, 0.1) is 5.82 Å². The maximum atomic E-state index is 13.1. The van der Waals surface area contributed by atoms with Gasteiger partial charge in [0.15, 0.2) is 6.04 Å². The molecule has 29 heavy (non-hydrogen) atoms. The SMILES string of the molecule is COC(=O)C(CO)NC(=O)C1(NC(=O)CSc2ccc(F)cc2Cl)CCNCC1. The number of rotatable bonds is 8. The second-order valence-electron chi connectivity index (χ2n) is 6.48. The van der Waals surface area contributed by atoms with Gasteiger partial charge in [0.1, 0.15) is 11.4 Å². The van der Waals surface area contributed by atoms with Gasteiger partial charge in [-0.25, -0.2) is 9.18 Å². The minimum atomic E-state index is -1.23. The molecule has 0 spiro atoms. The number of hydrogen-bond donors (Lipinski definition) is 4. The zero-order chi connectivity index (χ0) is 21.4. The first kappa shape index (κ1) is 23.4. The van der Waals surface area contributed by atoms with Gasteiger partial charge >= 0.3 is 5.97 Å². The van der Waals surface area contributed by atoms with Crippen LogP contribution in [0.25, 0.3) is 0 Å². The predicted octanol–water partition coefficient (Wildman–Crippen LogP) is 0.460. The Bertz CT molecular complexity index is 761. The van der Waals surface area contributed by atoms with Crippen molar-refractivity contribution in [1.29, 1.82) is 0 Å². The highest BCUT2D eigenvalue weighted by atomic mass is 35.5. The Hall–Kier alpha value is -1.88. The van der Waals surface area contributed by atoms with Crippen molar-refractivity contribution in [2.24, 2.45) is 0 Å². The number of piperidine rings is 1. The van der Waals surface area contributed by atoms with E-state index in [1.807, 2.05) is 0 Å². The molecule has 0 bridgehead atoms. The lowest BCUT2D eigenvalue weighted by atomic mass is 9.87. The van der Waals surface area contributed by atoms with Gasteiger partial charge in [0, 0.05) is 4.90 Å². The van der Waals surface area contributed by atoms with E-state index >= 15 is 0 Å². The van der Waals surface area contributed by atoms with Crippen LogP contribution in [-0.2, 0) is 19.1 Å². The highest BCUT2D eigenvalue weighted by Gasteiger charge is 2.42. The van der Waals surface area contributed by atoms with Crippen molar-refractivity contribution in [3.8, 4) is 0 Å². The fourth-order valence-electron chi connectivity index (χ4n) is 2.92. The number of aliphatic hydroxyl groups is 1. The Morgan fingerprint density at radius 3 is 2.66 bits per heavy atom. The Labute approximate surface area is 176 Å². The number of halogens is 2. The molecule has 1 aromatic rings. The molecule has 1 saturated heterocycles. The first-order valence-corrected chi connectivity index (χ1v) is 10.3. The van der Waals surface area contributed by atoms with Crippen LogP contribution in [0.2, 0.25) is 5.02 Å². The topological polar surface area (TPSA) is 117 Å². The molecule has 1 atom stereocenters. The number of thioether (sulfide) groups is 1. The number of ether oxygens (including phenoxy) is 1. The van der Waals surface area contributed by atoms with Crippen LogP contribution >= 0.6 is 23.4 Å². The van der Waals surface area contributed by atoms with Gasteiger partial charge in [-0.1, -0.05) is 11.6 Å². The lowest BCUT2D eigenvalue weighted by molar-refractivity contribution is -0.147. The molecule has 1 aliphatic heterocycles. The van der Waals surface area contributed by atoms with Crippen LogP contribution in [0.1, 0.15) is 12.8 Å². The number of amides is 2.